The van der Waals surface area contributed by atoms with Crippen LogP contribution in [-0.2, 0) is 9.53 Å². The van der Waals surface area contributed by atoms with Gasteiger partial charge in [0.25, 0.3) is 11.8 Å². The van der Waals surface area contributed by atoms with Crippen LogP contribution >= 0.6 is 22.6 Å². The molecule has 0 aliphatic heterocycles. The monoisotopic (exact) mass is 496 g/mol. The second-order valence-corrected chi connectivity index (χ2v) is 7.08. The van der Waals surface area contributed by atoms with E-state index in [9.17, 15) is 14.4 Å². The number of nitrogens with one attached hydrogen (secondary N) is 2. The molecular formula is C20H21IN2O5. The molecule has 0 spiro atoms. The number of aryl methyl sites for hydroxylation is 1. The first-order chi connectivity index (χ1) is 13.4. The molecule has 0 saturated heterocycles. The van der Waals surface area contributed by atoms with Crippen LogP contribution in [0, 0.1) is 10.5 Å². The summed E-state index contributed by atoms with van der Waals surface area (Å²) in [5, 5.41) is 0. The van der Waals surface area contributed by atoms with Gasteiger partial charge in [-0.15, -0.1) is 0 Å². The van der Waals surface area contributed by atoms with Crippen LogP contribution in [-0.4, -0.2) is 31.0 Å². The molecule has 0 aromatic heterocycles. The number of ether oxygens (including phenoxy) is 2. The van der Waals surface area contributed by atoms with Gasteiger partial charge in [-0.25, -0.2) is 4.79 Å². The van der Waals surface area contributed by atoms with Crippen LogP contribution in [0.1, 0.15) is 39.6 Å². The summed E-state index contributed by atoms with van der Waals surface area (Å²) in [7, 11) is 0. The summed E-state index contributed by atoms with van der Waals surface area (Å²) in [5.41, 5.74) is 6.56. The number of benzene rings is 2. The summed E-state index contributed by atoms with van der Waals surface area (Å²) in [6, 6.07) is 11.5. The van der Waals surface area contributed by atoms with Crippen molar-refractivity contribution in [2.75, 3.05) is 13.2 Å². The minimum absolute atomic E-state index is 0.286. The van der Waals surface area contributed by atoms with Gasteiger partial charge in [0.05, 0.1) is 12.2 Å². The zero-order valence-electron chi connectivity index (χ0n) is 15.6. The van der Waals surface area contributed by atoms with Crippen LogP contribution < -0.4 is 15.6 Å². The van der Waals surface area contributed by atoms with E-state index in [4.69, 9.17) is 9.47 Å². The van der Waals surface area contributed by atoms with E-state index < -0.39 is 17.8 Å². The number of esters is 1. The number of hydrogen-bond donors (Lipinski definition) is 2. The smallest absolute Gasteiger partial charge is 0.338 e. The van der Waals surface area contributed by atoms with Gasteiger partial charge in [0, 0.05) is 9.13 Å². The van der Waals surface area contributed by atoms with Crippen LogP contribution in [0.2, 0.25) is 0 Å². The van der Waals surface area contributed by atoms with Crippen LogP contribution in [0.3, 0.4) is 0 Å². The summed E-state index contributed by atoms with van der Waals surface area (Å²) in [6.07, 6.45) is 0.752. The normalized spacial score (nSPS) is 10.1. The third-order valence-corrected chi connectivity index (χ3v) is 4.81. The van der Waals surface area contributed by atoms with Gasteiger partial charge in [0.2, 0.25) is 0 Å². The molecule has 28 heavy (non-hydrogen) atoms. The predicted octanol–water partition coefficient (Wildman–Crippen LogP) is 3.01. The molecule has 0 saturated carbocycles. The highest BCUT2D eigenvalue weighted by atomic mass is 127. The molecule has 0 heterocycles. The standard InChI is InChI=1S/C20H21IN2O5/c1-3-10-27-20(26)14-6-8-16(9-7-14)28-12-18(24)22-23-19(25)15-5-4-13(2)17(21)11-15/h4-9,11H,3,10,12H2,1-2H3,(H,22,24)(H,23,25). The SMILES string of the molecule is CCCOC(=O)c1ccc(OCC(=O)NNC(=O)c2ccc(C)c(I)c2)cc1. The van der Waals surface area contributed by atoms with Crippen molar-refractivity contribution in [3.63, 3.8) is 0 Å². The van der Waals surface area contributed by atoms with Gasteiger partial charge in [-0.1, -0.05) is 13.0 Å². The molecule has 2 aromatic carbocycles. The van der Waals surface area contributed by atoms with Crippen molar-refractivity contribution in [1.29, 1.82) is 0 Å². The van der Waals surface area contributed by atoms with Crippen molar-refractivity contribution in [1.82, 2.24) is 10.9 Å². The van der Waals surface area contributed by atoms with Gasteiger partial charge in [-0.05, 0) is 77.9 Å². The fourth-order valence-electron chi connectivity index (χ4n) is 2.08. The predicted molar refractivity (Wildman–Crippen MR) is 112 cm³/mol. The number of rotatable bonds is 7. The molecule has 2 aromatic rings. The topological polar surface area (TPSA) is 93.7 Å². The fourth-order valence-corrected chi connectivity index (χ4v) is 2.60. The Morgan fingerprint density at radius 1 is 1.00 bits per heavy atom. The number of hydrogen-bond acceptors (Lipinski definition) is 5. The van der Waals surface area contributed by atoms with Crippen molar-refractivity contribution >= 4 is 40.4 Å². The van der Waals surface area contributed by atoms with Gasteiger partial charge in [0.1, 0.15) is 5.75 Å². The molecule has 7 nitrogen and oxygen atoms in total. The Morgan fingerprint density at radius 3 is 2.32 bits per heavy atom. The summed E-state index contributed by atoms with van der Waals surface area (Å²) in [6.45, 7) is 3.94. The van der Waals surface area contributed by atoms with E-state index in [0.717, 1.165) is 15.6 Å². The average molecular weight is 496 g/mol. The highest BCUT2D eigenvalue weighted by molar-refractivity contribution is 14.1. The molecule has 0 atom stereocenters. The molecule has 8 heteroatoms. The van der Waals surface area contributed by atoms with E-state index in [1.54, 1.807) is 36.4 Å². The van der Waals surface area contributed by atoms with Gasteiger partial charge in [-0.2, -0.15) is 0 Å². The third kappa shape index (κ3) is 6.52. The second kappa shape index (κ2) is 10.6. The van der Waals surface area contributed by atoms with Gasteiger partial charge < -0.3 is 9.47 Å². The molecule has 148 valence electrons. The fraction of sp³-hybridized carbons (Fsp3) is 0.250. The summed E-state index contributed by atoms with van der Waals surface area (Å²) in [4.78, 5) is 35.6. The van der Waals surface area contributed by atoms with Crippen molar-refractivity contribution in [2.24, 2.45) is 0 Å². The van der Waals surface area contributed by atoms with Gasteiger partial charge in [0.15, 0.2) is 6.61 Å². The first-order valence-electron chi connectivity index (χ1n) is 8.66. The van der Waals surface area contributed by atoms with E-state index in [2.05, 4.69) is 33.4 Å². The molecule has 2 rings (SSSR count). The minimum Gasteiger partial charge on any atom is -0.484 e. The lowest BCUT2D eigenvalue weighted by atomic mass is 10.1. The molecule has 0 unspecified atom stereocenters. The van der Waals surface area contributed by atoms with Crippen LogP contribution in [0.4, 0.5) is 0 Å². The zero-order chi connectivity index (χ0) is 20.5. The van der Waals surface area contributed by atoms with Crippen molar-refractivity contribution in [3.05, 3.63) is 62.7 Å². The summed E-state index contributed by atoms with van der Waals surface area (Å²) in [5.74, 6) is -0.913. The highest BCUT2D eigenvalue weighted by Gasteiger charge is 2.10. The number of carbonyl (C=O) groups is 3. The van der Waals surface area contributed by atoms with Crippen molar-refractivity contribution in [2.45, 2.75) is 20.3 Å². The van der Waals surface area contributed by atoms with Crippen LogP contribution in [0.15, 0.2) is 42.5 Å². The number of hydrazine groups is 1. The quantitative estimate of drug-likeness (QED) is 0.349. The second-order valence-electron chi connectivity index (χ2n) is 5.92. The van der Waals surface area contributed by atoms with Gasteiger partial charge >= 0.3 is 5.97 Å². The Bertz CT molecular complexity index is 852. The Labute approximate surface area is 176 Å². The van der Waals surface area contributed by atoms with Crippen molar-refractivity contribution < 1.29 is 23.9 Å². The molecule has 0 fully saturated rings. The lowest BCUT2D eigenvalue weighted by Crippen LogP contribution is -2.43. The number of carbonyl (C=O) groups excluding carboxylic acids is 3. The summed E-state index contributed by atoms with van der Waals surface area (Å²) < 4.78 is 11.3. The molecule has 0 bridgehead atoms. The van der Waals surface area contributed by atoms with E-state index in [0.29, 0.717) is 23.5 Å². The lowest BCUT2D eigenvalue weighted by molar-refractivity contribution is -0.123. The Kier molecular flexibility index (Phi) is 8.24. The maximum Gasteiger partial charge on any atom is 0.338 e. The summed E-state index contributed by atoms with van der Waals surface area (Å²) >= 11 is 2.14. The minimum atomic E-state index is -0.512. The largest absolute Gasteiger partial charge is 0.484 e. The molecule has 2 amide bonds. The maximum atomic E-state index is 12.0. The average Bonchev–Trinajstić information content (AvgIpc) is 2.71. The molecule has 2 N–H and O–H groups in total. The Balaban J connectivity index is 1.78. The molecule has 0 aliphatic carbocycles. The first kappa shape index (κ1) is 21.7. The van der Waals surface area contributed by atoms with E-state index in [-0.39, 0.29) is 6.61 Å². The molecule has 0 aliphatic rings. The van der Waals surface area contributed by atoms with E-state index in [1.165, 1.54) is 0 Å². The highest BCUT2D eigenvalue weighted by Crippen LogP contribution is 2.14. The number of halogens is 1. The number of amides is 2. The first-order valence-corrected chi connectivity index (χ1v) is 9.74. The third-order valence-electron chi connectivity index (χ3n) is 3.65. The molecule has 0 radical (unpaired) electrons. The van der Waals surface area contributed by atoms with Crippen LogP contribution in [0.5, 0.6) is 5.75 Å². The van der Waals surface area contributed by atoms with E-state index >= 15 is 0 Å². The Hall–Kier alpha value is -2.62. The van der Waals surface area contributed by atoms with Crippen LogP contribution in [0.25, 0.3) is 0 Å². The van der Waals surface area contributed by atoms with Crippen molar-refractivity contribution in [3.8, 4) is 5.75 Å². The zero-order valence-corrected chi connectivity index (χ0v) is 17.7. The maximum absolute atomic E-state index is 12.0. The van der Waals surface area contributed by atoms with Gasteiger partial charge in [-0.3, -0.25) is 20.4 Å². The van der Waals surface area contributed by atoms with E-state index in [1.807, 2.05) is 19.9 Å². The lowest BCUT2D eigenvalue weighted by Gasteiger charge is -2.10. The Morgan fingerprint density at radius 2 is 1.68 bits per heavy atom. The molecular weight excluding hydrogens is 475 g/mol.